The summed E-state index contributed by atoms with van der Waals surface area (Å²) in [5, 5.41) is 10.2. The predicted octanol–water partition coefficient (Wildman–Crippen LogP) is 1.70. The predicted molar refractivity (Wildman–Crippen MR) is 81.9 cm³/mol. The van der Waals surface area contributed by atoms with Gasteiger partial charge in [-0.15, -0.1) is 0 Å². The van der Waals surface area contributed by atoms with Crippen LogP contribution in [0.3, 0.4) is 0 Å². The van der Waals surface area contributed by atoms with E-state index in [1.54, 1.807) is 12.4 Å². The van der Waals surface area contributed by atoms with Gasteiger partial charge in [-0.05, 0) is 37.8 Å². The van der Waals surface area contributed by atoms with E-state index in [1.807, 2.05) is 19.3 Å². The van der Waals surface area contributed by atoms with Gasteiger partial charge >= 0.3 is 0 Å². The second-order valence-corrected chi connectivity index (χ2v) is 5.63. The normalized spacial score (nSPS) is 19.6. The van der Waals surface area contributed by atoms with Crippen molar-refractivity contribution in [3.63, 3.8) is 0 Å². The molecule has 0 unspecified atom stereocenters. The first-order valence-corrected chi connectivity index (χ1v) is 7.53. The van der Waals surface area contributed by atoms with E-state index in [-0.39, 0.29) is 0 Å². The molecule has 1 aliphatic rings. The van der Waals surface area contributed by atoms with Gasteiger partial charge in [-0.1, -0.05) is 0 Å². The Kier molecular flexibility index (Phi) is 4.45. The summed E-state index contributed by atoms with van der Waals surface area (Å²) in [7, 11) is 1.90. The van der Waals surface area contributed by atoms with E-state index in [1.165, 1.54) is 18.5 Å². The van der Waals surface area contributed by atoms with Crippen LogP contribution in [0.1, 0.15) is 24.2 Å². The molecule has 1 atom stereocenters. The number of anilines is 1. The van der Waals surface area contributed by atoms with Crippen LogP contribution in [-0.4, -0.2) is 45.2 Å². The Morgan fingerprint density at radius 3 is 3.05 bits per heavy atom. The molecule has 6 heteroatoms. The molecular weight excluding hydrogens is 264 g/mol. The van der Waals surface area contributed by atoms with Gasteiger partial charge in [0.1, 0.15) is 5.82 Å². The van der Waals surface area contributed by atoms with Crippen molar-refractivity contribution in [1.29, 1.82) is 0 Å². The Labute approximate surface area is 125 Å². The molecule has 0 saturated carbocycles. The highest BCUT2D eigenvalue weighted by Gasteiger charge is 2.22. The zero-order chi connectivity index (χ0) is 14.5. The van der Waals surface area contributed by atoms with Crippen LogP contribution in [-0.2, 0) is 13.0 Å². The van der Waals surface area contributed by atoms with Crippen molar-refractivity contribution in [2.24, 2.45) is 5.92 Å². The molecule has 2 aromatic rings. The number of hydrogen-bond donors (Lipinski definition) is 2. The van der Waals surface area contributed by atoms with Gasteiger partial charge in [0.15, 0.2) is 0 Å². The summed E-state index contributed by atoms with van der Waals surface area (Å²) in [5.74, 6) is 1.55. The molecule has 112 valence electrons. The number of nitrogens with one attached hydrogen (secondary N) is 2. The third kappa shape index (κ3) is 3.58. The number of hydrogen-bond acceptors (Lipinski definition) is 5. The summed E-state index contributed by atoms with van der Waals surface area (Å²) in [5.41, 5.74) is 2.26. The number of H-pyrrole nitrogens is 1. The molecule has 1 saturated heterocycles. The Hall–Kier alpha value is -1.95. The fourth-order valence-electron chi connectivity index (χ4n) is 3.07. The summed E-state index contributed by atoms with van der Waals surface area (Å²) in [6, 6.07) is 2.05. The van der Waals surface area contributed by atoms with Crippen molar-refractivity contribution in [2.45, 2.75) is 25.8 Å². The lowest BCUT2D eigenvalue weighted by atomic mass is 9.93. The fraction of sp³-hybridized carbons (Fsp3) is 0.533. The minimum Gasteiger partial charge on any atom is -0.372 e. The van der Waals surface area contributed by atoms with Crippen molar-refractivity contribution in [2.75, 3.05) is 25.5 Å². The molecule has 3 heterocycles. The average molecular weight is 286 g/mol. The molecule has 2 N–H and O–H groups in total. The van der Waals surface area contributed by atoms with Crippen LogP contribution >= 0.6 is 0 Å². The second-order valence-electron chi connectivity index (χ2n) is 5.63. The minimum atomic E-state index is 0.644. The summed E-state index contributed by atoms with van der Waals surface area (Å²) >= 11 is 0. The van der Waals surface area contributed by atoms with Crippen LogP contribution in [0.5, 0.6) is 0 Å². The third-order valence-electron chi connectivity index (χ3n) is 4.05. The van der Waals surface area contributed by atoms with Crippen LogP contribution < -0.4 is 5.32 Å². The van der Waals surface area contributed by atoms with Crippen molar-refractivity contribution in [3.8, 4) is 0 Å². The summed E-state index contributed by atoms with van der Waals surface area (Å²) in [4.78, 5) is 11.3. The first kappa shape index (κ1) is 14.0. The molecule has 0 radical (unpaired) electrons. The van der Waals surface area contributed by atoms with E-state index in [4.69, 9.17) is 0 Å². The van der Waals surface area contributed by atoms with Crippen molar-refractivity contribution in [1.82, 2.24) is 25.1 Å². The lowest BCUT2D eigenvalue weighted by molar-refractivity contribution is 0.165. The number of piperidine rings is 1. The molecule has 0 aromatic carbocycles. The number of nitrogens with zero attached hydrogens (tertiary/aromatic N) is 4. The smallest absolute Gasteiger partial charge is 0.147 e. The Bertz CT molecular complexity index is 553. The standard InChI is InChI=1S/C15H22N6/c1-16-15-14(17-6-7-18-15)9-12-3-2-8-21(10-12)11-13-4-5-19-20-13/h4-7,12H,2-3,8-11H2,1H3,(H,16,18)(H,19,20)/t12-/m0/s1. The Morgan fingerprint density at radius 1 is 1.33 bits per heavy atom. The van der Waals surface area contributed by atoms with E-state index in [0.717, 1.165) is 37.6 Å². The molecule has 6 nitrogen and oxygen atoms in total. The zero-order valence-electron chi connectivity index (χ0n) is 12.4. The number of aromatic amines is 1. The third-order valence-corrected chi connectivity index (χ3v) is 4.05. The first-order valence-electron chi connectivity index (χ1n) is 7.53. The van der Waals surface area contributed by atoms with Crippen molar-refractivity contribution >= 4 is 5.82 Å². The molecule has 1 fully saturated rings. The van der Waals surface area contributed by atoms with Gasteiger partial charge in [0.05, 0.1) is 5.69 Å². The van der Waals surface area contributed by atoms with Crippen molar-refractivity contribution in [3.05, 3.63) is 36.0 Å². The molecule has 0 amide bonds. The quantitative estimate of drug-likeness (QED) is 0.875. The molecule has 3 rings (SSSR count). The van der Waals surface area contributed by atoms with Crippen LogP contribution in [0, 0.1) is 5.92 Å². The van der Waals surface area contributed by atoms with Gasteiger partial charge in [0.25, 0.3) is 0 Å². The average Bonchev–Trinajstić information content (AvgIpc) is 3.01. The van der Waals surface area contributed by atoms with Gasteiger partial charge < -0.3 is 5.32 Å². The maximum Gasteiger partial charge on any atom is 0.147 e. The largest absolute Gasteiger partial charge is 0.372 e. The van der Waals surface area contributed by atoms with Crippen LogP contribution in [0.4, 0.5) is 5.82 Å². The number of aromatic nitrogens is 4. The summed E-state index contributed by atoms with van der Waals surface area (Å²) in [6.45, 7) is 3.23. The lowest BCUT2D eigenvalue weighted by Crippen LogP contribution is -2.36. The highest BCUT2D eigenvalue weighted by Crippen LogP contribution is 2.23. The monoisotopic (exact) mass is 286 g/mol. The maximum absolute atomic E-state index is 4.48. The Balaban J connectivity index is 1.60. The Morgan fingerprint density at radius 2 is 2.24 bits per heavy atom. The molecule has 0 bridgehead atoms. The molecular formula is C15H22N6. The minimum absolute atomic E-state index is 0.644. The molecule has 21 heavy (non-hydrogen) atoms. The lowest BCUT2D eigenvalue weighted by Gasteiger charge is -2.32. The van der Waals surface area contributed by atoms with Gasteiger partial charge in [0, 0.05) is 44.4 Å². The van der Waals surface area contributed by atoms with Crippen molar-refractivity contribution < 1.29 is 0 Å². The van der Waals surface area contributed by atoms with E-state index in [9.17, 15) is 0 Å². The molecule has 0 aliphatic carbocycles. The zero-order valence-corrected chi connectivity index (χ0v) is 12.4. The van der Waals surface area contributed by atoms with Crippen LogP contribution in [0.15, 0.2) is 24.7 Å². The highest BCUT2D eigenvalue weighted by atomic mass is 15.2. The topological polar surface area (TPSA) is 69.7 Å². The first-order chi connectivity index (χ1) is 10.3. The van der Waals surface area contributed by atoms with Crippen LogP contribution in [0.25, 0.3) is 0 Å². The SMILES string of the molecule is CNc1nccnc1C[C@@H]1CCCN(Cc2ccn[nH]2)C1. The van der Waals surface area contributed by atoms with E-state index in [0.29, 0.717) is 5.92 Å². The van der Waals surface area contributed by atoms with Gasteiger partial charge in [-0.2, -0.15) is 5.10 Å². The van der Waals surface area contributed by atoms with Gasteiger partial charge in [0.2, 0.25) is 0 Å². The summed E-state index contributed by atoms with van der Waals surface area (Å²) in [6.07, 6.45) is 8.83. The summed E-state index contributed by atoms with van der Waals surface area (Å²) < 4.78 is 0. The fourth-order valence-corrected chi connectivity index (χ4v) is 3.07. The highest BCUT2D eigenvalue weighted by molar-refractivity contribution is 5.38. The number of likely N-dealkylation sites (tertiary alicyclic amines) is 1. The van der Waals surface area contributed by atoms with Crippen LogP contribution in [0.2, 0.25) is 0 Å². The van der Waals surface area contributed by atoms with Gasteiger partial charge in [-0.25, -0.2) is 4.98 Å². The van der Waals surface area contributed by atoms with E-state index < -0.39 is 0 Å². The van der Waals surface area contributed by atoms with Gasteiger partial charge in [-0.3, -0.25) is 15.0 Å². The van der Waals surface area contributed by atoms with E-state index >= 15 is 0 Å². The number of rotatable bonds is 5. The molecule has 2 aromatic heterocycles. The van der Waals surface area contributed by atoms with E-state index in [2.05, 4.69) is 30.4 Å². The second kappa shape index (κ2) is 6.67. The molecule has 0 spiro atoms. The molecule has 1 aliphatic heterocycles. The maximum atomic E-state index is 4.48.